The van der Waals surface area contributed by atoms with Crippen LogP contribution in [0.3, 0.4) is 0 Å². The Balaban J connectivity index is 1.71. The van der Waals surface area contributed by atoms with E-state index in [9.17, 15) is 9.59 Å². The molecule has 0 saturated heterocycles. The second-order valence-corrected chi connectivity index (χ2v) is 7.87. The predicted molar refractivity (Wildman–Crippen MR) is 98.0 cm³/mol. The Morgan fingerprint density at radius 2 is 2.08 bits per heavy atom. The first-order valence-electron chi connectivity index (χ1n) is 7.76. The molecule has 0 atom stereocenters. The van der Waals surface area contributed by atoms with Gasteiger partial charge in [-0.1, -0.05) is 12.1 Å². The molecule has 1 aliphatic rings. The third-order valence-electron chi connectivity index (χ3n) is 3.80. The van der Waals surface area contributed by atoms with Crippen LogP contribution >= 0.6 is 23.1 Å². The number of rotatable bonds is 5. The van der Waals surface area contributed by atoms with Gasteiger partial charge in [0, 0.05) is 23.9 Å². The van der Waals surface area contributed by atoms with Crippen molar-refractivity contribution in [3.05, 3.63) is 40.4 Å². The molecule has 1 N–H and O–H groups in total. The average molecular weight is 361 g/mol. The van der Waals surface area contributed by atoms with Gasteiger partial charge in [-0.15, -0.1) is 23.1 Å². The molecule has 24 heavy (non-hydrogen) atoms. The van der Waals surface area contributed by atoms with E-state index in [0.29, 0.717) is 16.4 Å². The van der Waals surface area contributed by atoms with Crippen molar-refractivity contribution in [2.24, 2.45) is 0 Å². The van der Waals surface area contributed by atoms with Gasteiger partial charge in [0.15, 0.2) is 5.13 Å². The minimum atomic E-state index is -0.178. The van der Waals surface area contributed by atoms with E-state index in [1.807, 2.05) is 18.2 Å². The number of amides is 2. The predicted octanol–water partition coefficient (Wildman–Crippen LogP) is 3.06. The number of benzene rings is 1. The second kappa shape index (κ2) is 7.36. The molecule has 0 spiro atoms. The lowest BCUT2D eigenvalue weighted by Gasteiger charge is -2.11. The van der Waals surface area contributed by atoms with Crippen molar-refractivity contribution < 1.29 is 9.59 Å². The summed E-state index contributed by atoms with van der Waals surface area (Å²) in [6, 6.07) is 7.34. The van der Waals surface area contributed by atoms with E-state index in [1.165, 1.54) is 16.6 Å². The van der Waals surface area contributed by atoms with Crippen LogP contribution in [0.15, 0.2) is 29.2 Å². The second-order valence-electron chi connectivity index (χ2n) is 5.77. The van der Waals surface area contributed by atoms with Crippen molar-refractivity contribution in [2.75, 3.05) is 25.2 Å². The zero-order chi connectivity index (χ0) is 17.1. The van der Waals surface area contributed by atoms with Crippen molar-refractivity contribution in [3.8, 4) is 0 Å². The molecule has 3 rings (SSSR count). The third kappa shape index (κ3) is 3.79. The van der Waals surface area contributed by atoms with Crippen LogP contribution in [0.5, 0.6) is 0 Å². The number of nitrogens with zero attached hydrogens (tertiary/aromatic N) is 2. The number of thioether (sulfide) groups is 1. The Bertz CT molecular complexity index is 749. The van der Waals surface area contributed by atoms with Gasteiger partial charge >= 0.3 is 0 Å². The number of anilines is 1. The van der Waals surface area contributed by atoms with Gasteiger partial charge in [-0.2, -0.15) is 0 Å². The van der Waals surface area contributed by atoms with Gasteiger partial charge in [0.1, 0.15) is 0 Å². The molecule has 5 nitrogen and oxygen atoms in total. The van der Waals surface area contributed by atoms with Crippen molar-refractivity contribution in [1.82, 2.24) is 9.88 Å². The minimum absolute atomic E-state index is 0.0200. The highest BCUT2D eigenvalue weighted by atomic mass is 32.2. The molecule has 1 heterocycles. The number of carbonyl (C=O) groups is 2. The Morgan fingerprint density at radius 3 is 2.83 bits per heavy atom. The fourth-order valence-electron chi connectivity index (χ4n) is 2.46. The summed E-state index contributed by atoms with van der Waals surface area (Å²) < 4.78 is 0. The number of carbonyl (C=O) groups excluding carboxylic acids is 2. The van der Waals surface area contributed by atoms with Crippen molar-refractivity contribution in [2.45, 2.75) is 24.2 Å². The molecule has 0 fully saturated rings. The number of hydrogen-bond donors (Lipinski definition) is 1. The molecule has 0 aliphatic heterocycles. The van der Waals surface area contributed by atoms with Crippen LogP contribution < -0.4 is 5.32 Å². The van der Waals surface area contributed by atoms with Crippen LogP contribution in [0.1, 0.15) is 27.3 Å². The maximum Gasteiger partial charge on any atom is 0.258 e. The Kier molecular flexibility index (Phi) is 5.20. The number of aromatic nitrogens is 1. The molecule has 126 valence electrons. The summed E-state index contributed by atoms with van der Waals surface area (Å²) in [7, 11) is 3.45. The molecule has 0 saturated carbocycles. The Hall–Kier alpha value is -1.86. The lowest BCUT2D eigenvalue weighted by atomic mass is 10.2. The van der Waals surface area contributed by atoms with Crippen LogP contribution in [0.2, 0.25) is 0 Å². The van der Waals surface area contributed by atoms with Crippen molar-refractivity contribution in [1.29, 1.82) is 0 Å². The SMILES string of the molecule is CN(C)C(=O)CSc1ccccc1C(=O)Nc1nc2c(s1)CCC2. The minimum Gasteiger partial charge on any atom is -0.348 e. The van der Waals surface area contributed by atoms with E-state index in [0.717, 1.165) is 29.9 Å². The quantitative estimate of drug-likeness (QED) is 0.832. The Morgan fingerprint density at radius 1 is 1.29 bits per heavy atom. The van der Waals surface area contributed by atoms with Crippen molar-refractivity contribution >= 4 is 40.0 Å². The fourth-order valence-corrected chi connectivity index (χ4v) is 4.53. The van der Waals surface area contributed by atoms with Crippen LogP contribution in [0, 0.1) is 0 Å². The van der Waals surface area contributed by atoms with Gasteiger partial charge in [-0.3, -0.25) is 14.9 Å². The lowest BCUT2D eigenvalue weighted by molar-refractivity contribution is -0.125. The molecule has 0 unspecified atom stereocenters. The highest BCUT2D eigenvalue weighted by molar-refractivity contribution is 8.00. The molecular formula is C17H19N3O2S2. The molecule has 0 radical (unpaired) electrons. The molecule has 1 aromatic carbocycles. The molecule has 2 amide bonds. The van der Waals surface area contributed by atoms with Gasteiger partial charge in [-0.25, -0.2) is 4.98 Å². The van der Waals surface area contributed by atoms with Gasteiger partial charge in [0.2, 0.25) is 5.91 Å². The van der Waals surface area contributed by atoms with Crippen LogP contribution in [0.4, 0.5) is 5.13 Å². The maximum absolute atomic E-state index is 12.6. The topological polar surface area (TPSA) is 62.3 Å². The van der Waals surface area contributed by atoms with Gasteiger partial charge in [0.05, 0.1) is 17.0 Å². The third-order valence-corrected chi connectivity index (χ3v) is 5.93. The van der Waals surface area contributed by atoms with Gasteiger partial charge in [-0.05, 0) is 31.4 Å². The zero-order valence-corrected chi connectivity index (χ0v) is 15.3. The number of nitrogens with one attached hydrogen (secondary N) is 1. The summed E-state index contributed by atoms with van der Waals surface area (Å²) >= 11 is 2.94. The van der Waals surface area contributed by atoms with Crippen LogP contribution in [-0.2, 0) is 17.6 Å². The van der Waals surface area contributed by atoms with E-state index >= 15 is 0 Å². The monoisotopic (exact) mass is 361 g/mol. The first kappa shape index (κ1) is 17.0. The summed E-state index contributed by atoms with van der Waals surface area (Å²) in [5.41, 5.74) is 1.69. The first-order valence-corrected chi connectivity index (χ1v) is 9.56. The lowest BCUT2D eigenvalue weighted by Crippen LogP contribution is -2.23. The number of hydrogen-bond acceptors (Lipinski definition) is 5. The highest BCUT2D eigenvalue weighted by Crippen LogP contribution is 2.31. The fraction of sp³-hybridized carbons (Fsp3) is 0.353. The summed E-state index contributed by atoms with van der Waals surface area (Å²) in [5, 5.41) is 3.56. The van der Waals surface area contributed by atoms with E-state index in [2.05, 4.69) is 10.3 Å². The summed E-state index contributed by atoms with van der Waals surface area (Å²) in [6.07, 6.45) is 3.21. The standard InChI is InChI=1S/C17H19N3O2S2/c1-20(2)15(21)10-23-13-8-4-3-6-11(13)16(22)19-17-18-12-7-5-9-14(12)24-17/h3-4,6,8H,5,7,9-10H2,1-2H3,(H,18,19,22). The molecule has 7 heteroatoms. The summed E-state index contributed by atoms with van der Waals surface area (Å²) in [5.74, 6) is 0.150. The molecule has 1 aromatic heterocycles. The van der Waals surface area contributed by atoms with E-state index in [1.54, 1.807) is 36.4 Å². The molecule has 0 bridgehead atoms. The summed E-state index contributed by atoms with van der Waals surface area (Å²) in [4.78, 5) is 32.5. The van der Waals surface area contributed by atoms with Crippen LogP contribution in [0.25, 0.3) is 0 Å². The number of fused-ring (bicyclic) bond motifs is 1. The molecule has 1 aliphatic carbocycles. The van der Waals surface area contributed by atoms with E-state index < -0.39 is 0 Å². The Labute approximate surface area is 149 Å². The smallest absolute Gasteiger partial charge is 0.258 e. The number of aryl methyl sites for hydroxylation is 2. The first-order chi connectivity index (χ1) is 11.5. The maximum atomic E-state index is 12.6. The van der Waals surface area contributed by atoms with Crippen LogP contribution in [-0.4, -0.2) is 41.5 Å². The zero-order valence-electron chi connectivity index (χ0n) is 13.7. The average Bonchev–Trinajstić information content (AvgIpc) is 3.14. The van der Waals surface area contributed by atoms with Gasteiger partial charge in [0.25, 0.3) is 5.91 Å². The van der Waals surface area contributed by atoms with Crippen molar-refractivity contribution in [3.63, 3.8) is 0 Å². The highest BCUT2D eigenvalue weighted by Gasteiger charge is 2.19. The normalized spacial score (nSPS) is 12.8. The molecule has 2 aromatic rings. The molecular weight excluding hydrogens is 342 g/mol. The van der Waals surface area contributed by atoms with Gasteiger partial charge < -0.3 is 4.90 Å². The number of thiazole rings is 1. The van der Waals surface area contributed by atoms with E-state index in [4.69, 9.17) is 0 Å². The summed E-state index contributed by atoms with van der Waals surface area (Å²) in [6.45, 7) is 0. The largest absolute Gasteiger partial charge is 0.348 e. The van der Waals surface area contributed by atoms with E-state index in [-0.39, 0.29) is 11.8 Å².